The number of hydrogen-bond acceptors (Lipinski definition) is 0. The van der Waals surface area contributed by atoms with Gasteiger partial charge in [-0.2, -0.15) is 12.2 Å². The molecule has 0 saturated heterocycles. The number of halogens is 2. The molecule has 2 aliphatic rings. The molecule has 0 unspecified atom stereocenters. The summed E-state index contributed by atoms with van der Waals surface area (Å²) in [5.74, 6) is 6.64. The summed E-state index contributed by atoms with van der Waals surface area (Å²) in [7, 11) is 0. The van der Waals surface area contributed by atoms with Crippen molar-refractivity contribution in [2.75, 3.05) is 13.1 Å². The van der Waals surface area contributed by atoms with Crippen LogP contribution in [0.25, 0.3) is 0 Å². The molecule has 146 valence electrons. The van der Waals surface area contributed by atoms with E-state index in [0.717, 1.165) is 13.1 Å². The van der Waals surface area contributed by atoms with Gasteiger partial charge in [-0.05, 0) is 37.2 Å². The fourth-order valence-corrected chi connectivity index (χ4v) is 3.25. The van der Waals surface area contributed by atoms with Crippen molar-refractivity contribution in [1.82, 2.24) is 0 Å². The van der Waals surface area contributed by atoms with Crippen molar-refractivity contribution in [2.45, 2.75) is 13.8 Å². The Morgan fingerprint density at radius 2 is 1.00 bits per heavy atom. The molecule has 29 heavy (non-hydrogen) atoms. The smallest absolute Gasteiger partial charge is 1.00 e. The van der Waals surface area contributed by atoms with E-state index in [2.05, 4.69) is 95.7 Å². The Labute approximate surface area is 207 Å². The number of nitrogens with zero attached hydrogens (tertiary/aromatic N) is 2. The summed E-state index contributed by atoms with van der Waals surface area (Å²) in [4.78, 5) is 0. The molecule has 2 aromatic carbocycles. The molecule has 0 aliphatic carbocycles. The van der Waals surface area contributed by atoms with Gasteiger partial charge in [0.2, 0.25) is 0 Å². The maximum absolute atomic E-state index is 3.32. The van der Waals surface area contributed by atoms with Crippen molar-refractivity contribution in [3.8, 4) is 0 Å². The second-order valence-electron chi connectivity index (χ2n) is 6.25. The number of benzene rings is 2. The molecule has 0 amide bonds. The largest absolute Gasteiger partial charge is 2.00 e. The minimum Gasteiger partial charge on any atom is -1.00 e. The predicted octanol–water partition coefficient (Wildman–Crippen LogP) is -4.19. The zero-order valence-corrected chi connectivity index (χ0v) is 20.8. The third kappa shape index (κ3) is 7.56. The van der Waals surface area contributed by atoms with Gasteiger partial charge in [0.05, 0.1) is 13.1 Å². The van der Waals surface area contributed by atoms with Gasteiger partial charge in [-0.3, -0.25) is 0 Å². The maximum atomic E-state index is 3.32. The van der Waals surface area contributed by atoms with Crippen LogP contribution in [-0.4, -0.2) is 48.2 Å². The Morgan fingerprint density at radius 3 is 1.31 bits per heavy atom. The zero-order valence-electron chi connectivity index (χ0n) is 16.8. The van der Waals surface area contributed by atoms with Crippen LogP contribution in [0.2, 0.25) is 0 Å². The maximum Gasteiger partial charge on any atom is 2.00 e. The van der Waals surface area contributed by atoms with E-state index < -0.39 is 0 Å². The van der Waals surface area contributed by atoms with Gasteiger partial charge in [0.25, 0.3) is 0 Å². The quantitative estimate of drug-likeness (QED) is 0.297. The van der Waals surface area contributed by atoms with Gasteiger partial charge < -0.3 is 33.8 Å². The molecular weight excluding hydrogens is 476 g/mol. The molecule has 2 heterocycles. The topological polar surface area (TPSA) is 6.02 Å². The van der Waals surface area contributed by atoms with Crippen LogP contribution in [0.3, 0.4) is 0 Å². The molecule has 0 radical (unpaired) electrons. The molecule has 0 saturated carbocycles. The summed E-state index contributed by atoms with van der Waals surface area (Å²) in [6.45, 7) is 7.03. The average Bonchev–Trinajstić information content (AvgIpc) is 3.39. The Bertz CT molecular complexity index is 769. The fraction of sp³-hybridized carbons (Fsp3) is 0.182. The van der Waals surface area contributed by atoms with E-state index in [1.54, 1.807) is 0 Å². The van der Waals surface area contributed by atoms with Crippen LogP contribution >= 0.6 is 0 Å². The summed E-state index contributed by atoms with van der Waals surface area (Å²) in [6, 6.07) is 21.0. The zero-order chi connectivity index (χ0) is 18.2. The van der Waals surface area contributed by atoms with Crippen LogP contribution in [0.5, 0.6) is 0 Å². The number of hydrogen-bond donors (Lipinski definition) is 0. The summed E-state index contributed by atoms with van der Waals surface area (Å²) in [5.41, 5.74) is 2.63. The molecule has 2 aromatic rings. The second kappa shape index (κ2) is 14.8. The first kappa shape index (κ1) is 27.9. The van der Waals surface area contributed by atoms with Gasteiger partial charge in [-0.15, -0.1) is 0 Å². The summed E-state index contributed by atoms with van der Waals surface area (Å²) in [5, 5.41) is 0. The van der Waals surface area contributed by atoms with Crippen molar-refractivity contribution < 1.29 is 60.0 Å². The molecule has 0 atom stereocenters. The van der Waals surface area contributed by atoms with Crippen LogP contribution in [0.1, 0.15) is 13.8 Å². The Kier molecular flexibility index (Phi) is 14.2. The minimum atomic E-state index is 0. The standard InChI is InChI=1S/2C11H12BN.2ClH.Zr/c2*1-2-13-10-6-9-12(13)11-7-4-3-5-8-11;;;/h2*3-8,10H,2H2,1H3;2*1H;/q;;;;+2/p-2. The van der Waals surface area contributed by atoms with Gasteiger partial charge in [0.1, 0.15) is 0 Å². The minimum absolute atomic E-state index is 0. The normalized spacial score (nSPS) is 13.3. The van der Waals surface area contributed by atoms with E-state index in [4.69, 9.17) is 0 Å². The summed E-state index contributed by atoms with van der Waals surface area (Å²) in [6.07, 6.45) is 8.19. The molecule has 0 bridgehead atoms. The van der Waals surface area contributed by atoms with E-state index in [9.17, 15) is 0 Å². The van der Waals surface area contributed by atoms with E-state index in [-0.39, 0.29) is 51.0 Å². The SMILES string of the molecule is CC[N+]1=CC=[C-]B1c1ccccc1.CC[N+]1=CC=[C-]B1c1ccccc1.[Cl-].[Cl-].[Zr+2]. The van der Waals surface area contributed by atoms with Gasteiger partial charge in [-0.25, -0.2) is 12.0 Å². The molecule has 2 aliphatic heterocycles. The Hall–Kier alpha value is -1.15. The van der Waals surface area contributed by atoms with E-state index in [0.29, 0.717) is 13.7 Å². The molecule has 2 nitrogen and oxygen atoms in total. The van der Waals surface area contributed by atoms with Gasteiger partial charge in [0.15, 0.2) is 0 Å². The van der Waals surface area contributed by atoms with E-state index in [1.165, 1.54) is 10.9 Å². The van der Waals surface area contributed by atoms with Crippen molar-refractivity contribution in [2.24, 2.45) is 0 Å². The third-order valence-corrected chi connectivity index (χ3v) is 4.66. The second-order valence-corrected chi connectivity index (χ2v) is 6.25. The number of rotatable bonds is 4. The monoisotopic (exact) mass is 498 g/mol. The first-order chi connectivity index (χ1) is 12.8. The van der Waals surface area contributed by atoms with Crippen LogP contribution in [0.4, 0.5) is 0 Å². The van der Waals surface area contributed by atoms with Crippen LogP contribution < -0.4 is 35.7 Å². The fourth-order valence-electron chi connectivity index (χ4n) is 3.25. The molecule has 4 rings (SSSR count). The van der Waals surface area contributed by atoms with Crippen molar-refractivity contribution in [1.29, 1.82) is 0 Å². The van der Waals surface area contributed by atoms with Crippen LogP contribution in [0, 0.1) is 12.0 Å². The van der Waals surface area contributed by atoms with Crippen molar-refractivity contribution in [3.63, 3.8) is 0 Å². The van der Waals surface area contributed by atoms with E-state index in [1.807, 2.05) is 24.3 Å². The summed E-state index contributed by atoms with van der Waals surface area (Å²) < 4.78 is 4.55. The van der Waals surface area contributed by atoms with Crippen LogP contribution in [0.15, 0.2) is 72.8 Å². The van der Waals surface area contributed by atoms with E-state index >= 15 is 0 Å². The summed E-state index contributed by atoms with van der Waals surface area (Å²) >= 11 is 0. The van der Waals surface area contributed by atoms with Gasteiger partial charge in [-0.1, -0.05) is 60.7 Å². The first-order valence-corrected chi connectivity index (χ1v) is 9.30. The Balaban J connectivity index is 0.000000490. The average molecular weight is 500 g/mol. The number of allylic oxidation sites excluding steroid dienone is 2. The first-order valence-electron chi connectivity index (χ1n) is 9.30. The molecule has 0 N–H and O–H groups in total. The molecule has 0 fully saturated rings. The van der Waals surface area contributed by atoms with Crippen LogP contribution in [-0.2, 0) is 26.2 Å². The third-order valence-electron chi connectivity index (χ3n) is 4.66. The molecule has 0 spiro atoms. The molecule has 7 heteroatoms. The Morgan fingerprint density at radius 1 is 0.655 bits per heavy atom. The van der Waals surface area contributed by atoms with Crippen molar-refractivity contribution >= 4 is 37.1 Å². The molecule has 0 aromatic heterocycles. The van der Waals surface area contributed by atoms with Gasteiger partial charge >= 0.3 is 39.9 Å². The predicted molar refractivity (Wildman–Crippen MR) is 113 cm³/mol. The molecular formula is C22H24B2Cl2N2Zr. The van der Waals surface area contributed by atoms with Crippen molar-refractivity contribution in [3.05, 3.63) is 84.8 Å². The van der Waals surface area contributed by atoms with Gasteiger partial charge in [0, 0.05) is 0 Å².